The third-order valence-corrected chi connectivity index (χ3v) is 5.19. The molecule has 0 saturated heterocycles. The number of hydrogen-bond donors (Lipinski definition) is 0. The molecule has 4 aromatic rings. The highest BCUT2D eigenvalue weighted by atomic mass is 32.1. The van der Waals surface area contributed by atoms with Crippen molar-refractivity contribution in [2.24, 2.45) is 9.98 Å². The van der Waals surface area contributed by atoms with Gasteiger partial charge in [-0.25, -0.2) is 15.0 Å². The van der Waals surface area contributed by atoms with Crippen LogP contribution < -0.4 is 0 Å². The molecule has 0 saturated carbocycles. The maximum absolute atomic E-state index is 5.61. The molecule has 0 radical (unpaired) electrons. The first-order chi connectivity index (χ1) is 12.7. The molecule has 0 aromatic carbocycles. The lowest BCUT2D eigenvalue weighted by atomic mass is 10.1. The molecule has 4 rings (SSSR count). The number of amidine groups is 1. The Labute approximate surface area is 154 Å². The summed E-state index contributed by atoms with van der Waals surface area (Å²) in [5, 5.41) is 1.76. The van der Waals surface area contributed by atoms with Crippen molar-refractivity contribution in [3.63, 3.8) is 0 Å². The smallest absolute Gasteiger partial charge is 0.173 e. The summed E-state index contributed by atoms with van der Waals surface area (Å²) < 4.78 is 5.61. The Morgan fingerprint density at radius 1 is 1.27 bits per heavy atom. The maximum Gasteiger partial charge on any atom is 0.173 e. The van der Waals surface area contributed by atoms with E-state index in [9.17, 15) is 0 Å². The number of fused-ring (bicyclic) bond motifs is 1. The SMILES string of the molecule is C=NC(=NC)c1nc(-c2sc(-c3cccnc3)nc2C)cc2occc12. The molecule has 128 valence electrons. The Morgan fingerprint density at radius 2 is 2.15 bits per heavy atom. The van der Waals surface area contributed by atoms with Gasteiger partial charge in [0.15, 0.2) is 5.84 Å². The van der Waals surface area contributed by atoms with Gasteiger partial charge in [0.05, 0.1) is 22.5 Å². The highest BCUT2D eigenvalue weighted by molar-refractivity contribution is 7.18. The van der Waals surface area contributed by atoms with Crippen LogP contribution in [0, 0.1) is 6.92 Å². The standard InChI is InChI=1S/C19H15N5OS/c1-11-17(26-19(23-11)12-5-4-7-22-10-12)14-9-15-13(6-8-25-15)16(24-14)18(20-2)21-3/h4-10H,2H2,1,3H3. The number of aliphatic imine (C=N–C) groups is 2. The van der Waals surface area contributed by atoms with Crippen molar-refractivity contribution in [3.8, 4) is 21.1 Å². The molecular formula is C19H15N5OS. The summed E-state index contributed by atoms with van der Waals surface area (Å²) >= 11 is 1.57. The summed E-state index contributed by atoms with van der Waals surface area (Å²) in [6.07, 6.45) is 5.19. The lowest BCUT2D eigenvalue weighted by Gasteiger charge is -2.05. The first-order valence-corrected chi connectivity index (χ1v) is 8.73. The van der Waals surface area contributed by atoms with Gasteiger partial charge in [0.1, 0.15) is 16.3 Å². The van der Waals surface area contributed by atoms with Crippen molar-refractivity contribution in [2.75, 3.05) is 7.05 Å². The molecule has 4 heterocycles. The Kier molecular flexibility index (Phi) is 4.14. The Bertz CT molecular complexity index is 1130. The van der Waals surface area contributed by atoms with Crippen LogP contribution in [-0.4, -0.2) is 34.6 Å². The summed E-state index contributed by atoms with van der Waals surface area (Å²) in [7, 11) is 1.67. The molecule has 0 unspecified atom stereocenters. The van der Waals surface area contributed by atoms with Crippen LogP contribution in [0.5, 0.6) is 0 Å². The first-order valence-electron chi connectivity index (χ1n) is 7.91. The van der Waals surface area contributed by atoms with Crippen molar-refractivity contribution >= 4 is 34.9 Å². The molecular weight excluding hydrogens is 346 g/mol. The summed E-state index contributed by atoms with van der Waals surface area (Å²) in [6, 6.07) is 7.67. The van der Waals surface area contributed by atoms with Crippen LogP contribution in [0.1, 0.15) is 11.4 Å². The van der Waals surface area contributed by atoms with Gasteiger partial charge in [-0.3, -0.25) is 9.98 Å². The lowest BCUT2D eigenvalue weighted by molar-refractivity contribution is 0.615. The number of thiazole rings is 1. The van der Waals surface area contributed by atoms with Crippen molar-refractivity contribution < 1.29 is 4.42 Å². The third-order valence-electron chi connectivity index (χ3n) is 3.96. The van der Waals surface area contributed by atoms with Crippen LogP contribution in [0.4, 0.5) is 0 Å². The minimum Gasteiger partial charge on any atom is -0.464 e. The number of aryl methyl sites for hydroxylation is 1. The number of furan rings is 1. The quantitative estimate of drug-likeness (QED) is 0.400. The Morgan fingerprint density at radius 3 is 2.88 bits per heavy atom. The fraction of sp³-hybridized carbons (Fsp3) is 0.105. The molecule has 7 heteroatoms. The van der Waals surface area contributed by atoms with Gasteiger partial charge < -0.3 is 4.42 Å². The number of rotatable bonds is 3. The minimum atomic E-state index is 0.480. The second kappa shape index (κ2) is 6.61. The molecule has 0 N–H and O–H groups in total. The predicted octanol–water partition coefficient (Wildman–Crippen LogP) is 4.40. The molecule has 0 bridgehead atoms. The first kappa shape index (κ1) is 16.3. The highest BCUT2D eigenvalue weighted by Crippen LogP contribution is 2.36. The van der Waals surface area contributed by atoms with Gasteiger partial charge in [-0.05, 0) is 31.8 Å². The van der Waals surface area contributed by atoms with E-state index < -0.39 is 0 Å². The largest absolute Gasteiger partial charge is 0.464 e. The van der Waals surface area contributed by atoms with Crippen LogP contribution in [0.3, 0.4) is 0 Å². The van der Waals surface area contributed by atoms with Gasteiger partial charge in [0.2, 0.25) is 0 Å². The number of aromatic nitrogens is 3. The van der Waals surface area contributed by atoms with E-state index in [-0.39, 0.29) is 0 Å². The summed E-state index contributed by atoms with van der Waals surface area (Å²) in [6.45, 7) is 5.57. The molecule has 0 fully saturated rings. The van der Waals surface area contributed by atoms with Crippen molar-refractivity contribution in [2.45, 2.75) is 6.92 Å². The van der Waals surface area contributed by atoms with E-state index in [1.165, 1.54) is 0 Å². The molecule has 0 atom stereocenters. The Hall–Kier alpha value is -3.19. The Balaban J connectivity index is 1.90. The van der Waals surface area contributed by atoms with Crippen LogP contribution in [-0.2, 0) is 0 Å². The summed E-state index contributed by atoms with van der Waals surface area (Å²) in [4.78, 5) is 22.8. The summed E-state index contributed by atoms with van der Waals surface area (Å²) in [5.74, 6) is 0.480. The van der Waals surface area contributed by atoms with Gasteiger partial charge in [-0.15, -0.1) is 11.3 Å². The van der Waals surface area contributed by atoms with E-state index in [1.54, 1.807) is 37.0 Å². The molecule has 0 aliphatic rings. The zero-order valence-electron chi connectivity index (χ0n) is 14.3. The van der Waals surface area contributed by atoms with Gasteiger partial charge >= 0.3 is 0 Å². The molecule has 4 aromatic heterocycles. The second-order valence-electron chi connectivity index (χ2n) is 5.57. The van der Waals surface area contributed by atoms with Gasteiger partial charge in [-0.1, -0.05) is 0 Å². The van der Waals surface area contributed by atoms with E-state index in [4.69, 9.17) is 9.40 Å². The zero-order valence-corrected chi connectivity index (χ0v) is 15.1. The third kappa shape index (κ3) is 2.72. The predicted molar refractivity (Wildman–Crippen MR) is 105 cm³/mol. The van der Waals surface area contributed by atoms with E-state index in [1.807, 2.05) is 31.2 Å². The van der Waals surface area contributed by atoms with E-state index in [0.29, 0.717) is 11.5 Å². The van der Waals surface area contributed by atoms with Crippen LogP contribution in [0.2, 0.25) is 0 Å². The van der Waals surface area contributed by atoms with Crippen molar-refractivity contribution in [1.82, 2.24) is 15.0 Å². The molecule has 6 nitrogen and oxygen atoms in total. The average Bonchev–Trinajstić information content (AvgIpc) is 3.29. The number of hydrogen-bond acceptors (Lipinski definition) is 6. The fourth-order valence-electron chi connectivity index (χ4n) is 2.75. The maximum atomic E-state index is 5.61. The normalized spacial score (nSPS) is 11.8. The van der Waals surface area contributed by atoms with Crippen molar-refractivity contribution in [3.05, 3.63) is 54.3 Å². The lowest BCUT2D eigenvalue weighted by Crippen LogP contribution is -2.02. The molecule has 26 heavy (non-hydrogen) atoms. The number of nitrogens with zero attached hydrogens (tertiary/aromatic N) is 5. The topological polar surface area (TPSA) is 76.5 Å². The average molecular weight is 361 g/mol. The van der Waals surface area contributed by atoms with Gasteiger partial charge in [-0.2, -0.15) is 0 Å². The van der Waals surface area contributed by atoms with Crippen molar-refractivity contribution in [1.29, 1.82) is 0 Å². The summed E-state index contributed by atoms with van der Waals surface area (Å²) in [5.41, 5.74) is 4.04. The minimum absolute atomic E-state index is 0.480. The van der Waals surface area contributed by atoms with Crippen LogP contribution in [0.15, 0.2) is 57.3 Å². The molecule has 0 aliphatic heterocycles. The van der Waals surface area contributed by atoms with E-state index in [2.05, 4.69) is 26.7 Å². The van der Waals surface area contributed by atoms with Crippen LogP contribution >= 0.6 is 11.3 Å². The van der Waals surface area contributed by atoms with E-state index >= 15 is 0 Å². The van der Waals surface area contributed by atoms with E-state index in [0.717, 1.165) is 37.8 Å². The molecule has 0 spiro atoms. The van der Waals surface area contributed by atoms with Gasteiger partial charge in [0.25, 0.3) is 0 Å². The van der Waals surface area contributed by atoms with Gasteiger partial charge in [0, 0.05) is 36.5 Å². The number of pyridine rings is 2. The molecule has 0 aliphatic carbocycles. The van der Waals surface area contributed by atoms with Crippen LogP contribution in [0.25, 0.3) is 32.1 Å². The monoisotopic (exact) mass is 361 g/mol. The highest BCUT2D eigenvalue weighted by Gasteiger charge is 2.18. The zero-order chi connectivity index (χ0) is 18.1. The molecule has 0 amide bonds. The fourth-order valence-corrected chi connectivity index (χ4v) is 3.77. The second-order valence-corrected chi connectivity index (χ2v) is 6.57.